The van der Waals surface area contributed by atoms with Gasteiger partial charge in [-0.15, -0.1) is 0 Å². The van der Waals surface area contributed by atoms with E-state index >= 15 is 0 Å². The summed E-state index contributed by atoms with van der Waals surface area (Å²) in [5.41, 5.74) is 13.6. The second-order valence-corrected chi connectivity index (χ2v) is 6.02. The fourth-order valence-corrected chi connectivity index (χ4v) is 2.16. The SMILES string of the molecule is CC(C)(C)CC(N)Cc1nc2nc(N)ccc2[nH]1. The summed E-state index contributed by atoms with van der Waals surface area (Å²) < 4.78 is 0. The summed E-state index contributed by atoms with van der Waals surface area (Å²) in [5.74, 6) is 1.36. The van der Waals surface area contributed by atoms with E-state index in [1.54, 1.807) is 6.07 Å². The molecule has 0 saturated carbocycles. The summed E-state index contributed by atoms with van der Waals surface area (Å²) >= 11 is 0. The molecule has 0 aliphatic rings. The zero-order valence-electron chi connectivity index (χ0n) is 11.2. The minimum Gasteiger partial charge on any atom is -0.384 e. The number of aromatic nitrogens is 3. The lowest BCUT2D eigenvalue weighted by Crippen LogP contribution is -2.28. The summed E-state index contributed by atoms with van der Waals surface area (Å²) in [6.07, 6.45) is 1.69. The average Bonchev–Trinajstić information content (AvgIpc) is 2.55. The maximum Gasteiger partial charge on any atom is 0.179 e. The number of aromatic amines is 1. The molecule has 0 fully saturated rings. The number of hydrogen-bond acceptors (Lipinski definition) is 4. The predicted molar refractivity (Wildman–Crippen MR) is 74.1 cm³/mol. The molecule has 2 aromatic rings. The van der Waals surface area contributed by atoms with E-state index in [9.17, 15) is 0 Å². The van der Waals surface area contributed by atoms with Gasteiger partial charge in [-0.25, -0.2) is 9.97 Å². The van der Waals surface area contributed by atoms with Crippen LogP contribution in [0.25, 0.3) is 11.2 Å². The number of pyridine rings is 1. The van der Waals surface area contributed by atoms with Gasteiger partial charge in [-0.3, -0.25) is 0 Å². The Balaban J connectivity index is 2.12. The number of H-pyrrole nitrogens is 1. The number of nitrogens with one attached hydrogen (secondary N) is 1. The van der Waals surface area contributed by atoms with Crippen molar-refractivity contribution in [2.24, 2.45) is 11.1 Å². The second-order valence-electron chi connectivity index (χ2n) is 6.02. The highest BCUT2D eigenvalue weighted by atomic mass is 15.0. The molecule has 1 atom stereocenters. The first-order valence-corrected chi connectivity index (χ1v) is 6.20. The molecule has 0 aliphatic carbocycles. The van der Waals surface area contributed by atoms with Gasteiger partial charge in [0, 0.05) is 12.5 Å². The predicted octanol–water partition coefficient (Wildman–Crippen LogP) is 1.85. The number of anilines is 1. The molecule has 18 heavy (non-hydrogen) atoms. The Morgan fingerprint density at radius 3 is 2.67 bits per heavy atom. The van der Waals surface area contributed by atoms with E-state index in [1.165, 1.54) is 0 Å². The quantitative estimate of drug-likeness (QED) is 0.771. The van der Waals surface area contributed by atoms with Crippen LogP contribution in [0.1, 0.15) is 33.0 Å². The highest BCUT2D eigenvalue weighted by molar-refractivity contribution is 5.72. The first-order valence-electron chi connectivity index (χ1n) is 6.20. The molecule has 5 heteroatoms. The minimum atomic E-state index is 0.0999. The van der Waals surface area contributed by atoms with Crippen LogP contribution in [-0.2, 0) is 6.42 Å². The van der Waals surface area contributed by atoms with E-state index in [0.717, 1.165) is 24.2 Å². The zero-order valence-corrected chi connectivity index (χ0v) is 11.2. The summed E-state index contributed by atoms with van der Waals surface area (Å²) in [6, 6.07) is 3.76. The van der Waals surface area contributed by atoms with Crippen molar-refractivity contribution in [1.29, 1.82) is 0 Å². The molecule has 0 aliphatic heterocycles. The smallest absolute Gasteiger partial charge is 0.179 e. The van der Waals surface area contributed by atoms with Crippen molar-refractivity contribution < 1.29 is 0 Å². The number of rotatable bonds is 3. The second kappa shape index (κ2) is 4.57. The van der Waals surface area contributed by atoms with Gasteiger partial charge in [0.25, 0.3) is 0 Å². The molecule has 98 valence electrons. The zero-order chi connectivity index (χ0) is 13.3. The van der Waals surface area contributed by atoms with Gasteiger partial charge in [0.1, 0.15) is 11.6 Å². The first-order chi connectivity index (χ1) is 8.33. The molecule has 0 spiro atoms. The molecule has 1 unspecified atom stereocenters. The molecule has 0 bridgehead atoms. The Morgan fingerprint density at radius 2 is 2.00 bits per heavy atom. The van der Waals surface area contributed by atoms with E-state index < -0.39 is 0 Å². The molecule has 0 amide bonds. The van der Waals surface area contributed by atoms with Crippen molar-refractivity contribution in [3.63, 3.8) is 0 Å². The van der Waals surface area contributed by atoms with Crippen LogP contribution >= 0.6 is 0 Å². The molecule has 0 saturated heterocycles. The van der Waals surface area contributed by atoms with E-state index in [-0.39, 0.29) is 11.5 Å². The van der Waals surface area contributed by atoms with Crippen molar-refractivity contribution in [1.82, 2.24) is 15.0 Å². The highest BCUT2D eigenvalue weighted by Crippen LogP contribution is 2.21. The maximum atomic E-state index is 6.14. The normalized spacial score (nSPS) is 14.0. The molecule has 2 aromatic heterocycles. The summed E-state index contributed by atoms with van der Waals surface area (Å²) in [5, 5.41) is 0. The van der Waals surface area contributed by atoms with Crippen molar-refractivity contribution in [3.8, 4) is 0 Å². The summed E-state index contributed by atoms with van der Waals surface area (Å²) in [6.45, 7) is 6.56. The van der Waals surface area contributed by atoms with Crippen LogP contribution in [0, 0.1) is 5.41 Å². The van der Waals surface area contributed by atoms with E-state index in [0.29, 0.717) is 11.5 Å². The monoisotopic (exact) mass is 247 g/mol. The third-order valence-corrected chi connectivity index (χ3v) is 2.75. The summed E-state index contributed by atoms with van der Waals surface area (Å²) in [7, 11) is 0. The van der Waals surface area contributed by atoms with Gasteiger partial charge in [-0.05, 0) is 24.0 Å². The molecule has 0 aromatic carbocycles. The van der Waals surface area contributed by atoms with Crippen molar-refractivity contribution in [3.05, 3.63) is 18.0 Å². The third-order valence-electron chi connectivity index (χ3n) is 2.75. The lowest BCUT2D eigenvalue weighted by atomic mass is 9.87. The Kier molecular flexibility index (Phi) is 3.26. The number of hydrogen-bond donors (Lipinski definition) is 3. The van der Waals surface area contributed by atoms with Crippen LogP contribution in [0.5, 0.6) is 0 Å². The van der Waals surface area contributed by atoms with Crippen LogP contribution in [0.2, 0.25) is 0 Å². The number of nitrogen functional groups attached to an aromatic ring is 1. The molecule has 5 N–H and O–H groups in total. The van der Waals surface area contributed by atoms with Crippen LogP contribution in [-0.4, -0.2) is 21.0 Å². The van der Waals surface area contributed by atoms with Crippen molar-refractivity contribution >= 4 is 17.0 Å². The van der Waals surface area contributed by atoms with Gasteiger partial charge in [0.15, 0.2) is 5.65 Å². The molecule has 0 radical (unpaired) electrons. The van der Waals surface area contributed by atoms with Gasteiger partial charge in [-0.1, -0.05) is 20.8 Å². The van der Waals surface area contributed by atoms with E-state index in [1.807, 2.05) is 6.07 Å². The molecule has 2 heterocycles. The van der Waals surface area contributed by atoms with Gasteiger partial charge in [-0.2, -0.15) is 0 Å². The molecule has 2 rings (SSSR count). The highest BCUT2D eigenvalue weighted by Gasteiger charge is 2.17. The van der Waals surface area contributed by atoms with Crippen LogP contribution in [0.15, 0.2) is 12.1 Å². The average molecular weight is 247 g/mol. The van der Waals surface area contributed by atoms with Gasteiger partial charge < -0.3 is 16.5 Å². The Morgan fingerprint density at radius 1 is 1.28 bits per heavy atom. The minimum absolute atomic E-state index is 0.0999. The number of imidazole rings is 1. The molecular weight excluding hydrogens is 226 g/mol. The fourth-order valence-electron chi connectivity index (χ4n) is 2.16. The van der Waals surface area contributed by atoms with Crippen LogP contribution in [0.4, 0.5) is 5.82 Å². The van der Waals surface area contributed by atoms with E-state index in [4.69, 9.17) is 11.5 Å². The Hall–Kier alpha value is -1.62. The fraction of sp³-hybridized carbons (Fsp3) is 0.538. The van der Waals surface area contributed by atoms with Crippen molar-refractivity contribution in [2.75, 3.05) is 5.73 Å². The Labute approximate surface area is 107 Å². The number of nitrogens with zero attached hydrogens (tertiary/aromatic N) is 2. The topological polar surface area (TPSA) is 93.6 Å². The van der Waals surface area contributed by atoms with Crippen molar-refractivity contribution in [2.45, 2.75) is 39.7 Å². The van der Waals surface area contributed by atoms with Gasteiger partial charge in [0.05, 0.1) is 5.52 Å². The lowest BCUT2D eigenvalue weighted by Gasteiger charge is -2.22. The number of fused-ring (bicyclic) bond motifs is 1. The number of nitrogens with two attached hydrogens (primary N) is 2. The Bertz CT molecular complexity index is 538. The summed E-state index contributed by atoms with van der Waals surface area (Å²) in [4.78, 5) is 11.8. The third kappa shape index (κ3) is 3.20. The van der Waals surface area contributed by atoms with Crippen LogP contribution in [0.3, 0.4) is 0 Å². The van der Waals surface area contributed by atoms with E-state index in [2.05, 4.69) is 35.7 Å². The van der Waals surface area contributed by atoms with Gasteiger partial charge >= 0.3 is 0 Å². The standard InChI is InChI=1S/C13H21N5/c1-13(2,3)7-8(14)6-11-16-9-4-5-10(15)17-12(9)18-11/h4-5,8H,6-7,14H2,1-3H3,(H3,15,16,17,18). The molecular formula is C13H21N5. The van der Waals surface area contributed by atoms with Gasteiger partial charge in [0.2, 0.25) is 0 Å². The first kappa shape index (κ1) is 12.8. The maximum absolute atomic E-state index is 6.14. The lowest BCUT2D eigenvalue weighted by molar-refractivity contribution is 0.337. The largest absolute Gasteiger partial charge is 0.384 e. The van der Waals surface area contributed by atoms with Crippen LogP contribution < -0.4 is 11.5 Å². The molecule has 5 nitrogen and oxygen atoms in total.